The number of nitro benzene ring substituents is 1. The number of nitrogens with zero attached hydrogens (tertiary/aromatic N) is 2. The Kier molecular flexibility index (Phi) is 5.75. The average molecular weight is 443 g/mol. The lowest BCUT2D eigenvalue weighted by Crippen LogP contribution is -2.36. The Morgan fingerprint density at radius 1 is 1.16 bits per heavy atom. The number of carbonyl (C=O) groups is 2. The Bertz CT molecular complexity index is 1060. The maximum Gasteiger partial charge on any atom is 0.295 e. The van der Waals surface area contributed by atoms with E-state index in [2.05, 4.69) is 0 Å². The van der Waals surface area contributed by atoms with Crippen molar-refractivity contribution in [3.63, 3.8) is 0 Å². The SMILES string of the molecule is O=C1C(=O)N(C[C@H]2CCCO2)[C@H](c2ccc([N+](=O)[O-])cc2)/C1=C(\O)c1ccc(Cl)cc1. The van der Waals surface area contributed by atoms with Crippen molar-refractivity contribution >= 4 is 34.7 Å². The Hall–Kier alpha value is -3.23. The number of ether oxygens (including phenoxy) is 1. The van der Waals surface area contributed by atoms with Gasteiger partial charge in [-0.05, 0) is 54.8 Å². The quantitative estimate of drug-likeness (QED) is 0.247. The molecule has 0 aliphatic carbocycles. The molecule has 1 N–H and O–H groups in total. The van der Waals surface area contributed by atoms with Crippen molar-refractivity contribution in [3.05, 3.63) is 80.4 Å². The summed E-state index contributed by atoms with van der Waals surface area (Å²) in [5.41, 5.74) is 0.640. The van der Waals surface area contributed by atoms with Gasteiger partial charge in [0, 0.05) is 35.9 Å². The van der Waals surface area contributed by atoms with E-state index in [9.17, 15) is 24.8 Å². The van der Waals surface area contributed by atoms with Crippen LogP contribution in [0.25, 0.3) is 5.76 Å². The van der Waals surface area contributed by atoms with Crippen molar-refractivity contribution in [2.75, 3.05) is 13.2 Å². The highest BCUT2D eigenvalue weighted by atomic mass is 35.5. The smallest absolute Gasteiger partial charge is 0.295 e. The number of Topliss-reactive ketones (excluding diaryl/α,β-unsaturated/α-hetero) is 1. The summed E-state index contributed by atoms with van der Waals surface area (Å²) in [4.78, 5) is 37.7. The van der Waals surface area contributed by atoms with E-state index in [1.807, 2.05) is 0 Å². The molecule has 2 atom stereocenters. The van der Waals surface area contributed by atoms with Crippen LogP contribution in [-0.4, -0.2) is 45.9 Å². The number of rotatable bonds is 5. The molecule has 2 aromatic rings. The van der Waals surface area contributed by atoms with Crippen LogP contribution in [0.3, 0.4) is 0 Å². The van der Waals surface area contributed by atoms with Crippen molar-refractivity contribution in [1.29, 1.82) is 0 Å². The third-order valence-electron chi connectivity index (χ3n) is 5.50. The summed E-state index contributed by atoms with van der Waals surface area (Å²) in [6, 6.07) is 11.0. The topological polar surface area (TPSA) is 110 Å². The Labute approximate surface area is 182 Å². The zero-order valence-electron chi connectivity index (χ0n) is 16.4. The predicted molar refractivity (Wildman–Crippen MR) is 113 cm³/mol. The van der Waals surface area contributed by atoms with Gasteiger partial charge in [0.05, 0.1) is 22.6 Å². The van der Waals surface area contributed by atoms with E-state index in [0.29, 0.717) is 22.8 Å². The number of nitro groups is 1. The molecule has 0 radical (unpaired) electrons. The number of likely N-dealkylation sites (tertiary alicyclic amines) is 1. The summed E-state index contributed by atoms with van der Waals surface area (Å²) >= 11 is 5.92. The summed E-state index contributed by atoms with van der Waals surface area (Å²) in [6.07, 6.45) is 1.41. The zero-order chi connectivity index (χ0) is 22.1. The number of hydrogen-bond acceptors (Lipinski definition) is 6. The van der Waals surface area contributed by atoms with Gasteiger partial charge >= 0.3 is 0 Å². The van der Waals surface area contributed by atoms with E-state index >= 15 is 0 Å². The van der Waals surface area contributed by atoms with Crippen LogP contribution in [0.4, 0.5) is 5.69 Å². The average Bonchev–Trinajstić information content (AvgIpc) is 3.36. The van der Waals surface area contributed by atoms with Crippen molar-refractivity contribution in [2.45, 2.75) is 25.0 Å². The molecule has 9 heteroatoms. The number of halogens is 1. The van der Waals surface area contributed by atoms with Gasteiger partial charge in [-0.2, -0.15) is 0 Å². The van der Waals surface area contributed by atoms with Gasteiger partial charge in [0.1, 0.15) is 5.76 Å². The third-order valence-corrected chi connectivity index (χ3v) is 5.75. The first kappa shape index (κ1) is 21.0. The first-order valence-corrected chi connectivity index (χ1v) is 10.1. The normalized spacial score (nSPS) is 22.8. The van der Waals surface area contributed by atoms with Crippen LogP contribution < -0.4 is 0 Å². The van der Waals surface area contributed by atoms with Crippen LogP contribution in [0.5, 0.6) is 0 Å². The van der Waals surface area contributed by atoms with Gasteiger partial charge in [-0.3, -0.25) is 19.7 Å². The fraction of sp³-hybridized carbons (Fsp3) is 0.273. The fourth-order valence-corrected chi connectivity index (χ4v) is 4.09. The second-order valence-corrected chi connectivity index (χ2v) is 7.88. The minimum absolute atomic E-state index is 0.0702. The lowest BCUT2D eigenvalue weighted by atomic mass is 9.95. The van der Waals surface area contributed by atoms with E-state index in [1.54, 1.807) is 24.3 Å². The van der Waals surface area contributed by atoms with Gasteiger partial charge in [-0.1, -0.05) is 11.6 Å². The Morgan fingerprint density at radius 3 is 2.42 bits per heavy atom. The van der Waals surface area contributed by atoms with Gasteiger partial charge in [0.2, 0.25) is 0 Å². The van der Waals surface area contributed by atoms with Gasteiger partial charge in [0.25, 0.3) is 17.4 Å². The third kappa shape index (κ3) is 4.04. The van der Waals surface area contributed by atoms with Gasteiger partial charge in [-0.25, -0.2) is 0 Å². The first-order chi connectivity index (χ1) is 14.9. The summed E-state index contributed by atoms with van der Waals surface area (Å²) in [7, 11) is 0. The number of carbonyl (C=O) groups excluding carboxylic acids is 2. The summed E-state index contributed by atoms with van der Waals surface area (Å²) in [5, 5.41) is 22.4. The molecule has 0 bridgehead atoms. The number of ketones is 1. The molecule has 2 aromatic carbocycles. The van der Waals surface area contributed by atoms with Crippen molar-refractivity contribution in [3.8, 4) is 0 Å². The Balaban J connectivity index is 1.81. The van der Waals surface area contributed by atoms with Crippen LogP contribution >= 0.6 is 11.6 Å². The van der Waals surface area contributed by atoms with Gasteiger partial charge in [-0.15, -0.1) is 0 Å². The Morgan fingerprint density at radius 2 is 1.84 bits per heavy atom. The molecule has 0 unspecified atom stereocenters. The number of hydrogen-bond donors (Lipinski definition) is 1. The molecule has 1 amide bonds. The molecule has 0 spiro atoms. The minimum Gasteiger partial charge on any atom is -0.507 e. The lowest BCUT2D eigenvalue weighted by molar-refractivity contribution is -0.384. The lowest BCUT2D eigenvalue weighted by Gasteiger charge is -2.27. The number of benzene rings is 2. The molecule has 2 heterocycles. The summed E-state index contributed by atoms with van der Waals surface area (Å²) in [6.45, 7) is 0.769. The molecule has 8 nitrogen and oxygen atoms in total. The number of non-ortho nitro benzene ring substituents is 1. The van der Waals surface area contributed by atoms with E-state index in [1.165, 1.54) is 29.2 Å². The van der Waals surface area contributed by atoms with Gasteiger partial charge < -0.3 is 14.7 Å². The fourth-order valence-electron chi connectivity index (χ4n) is 3.96. The second kappa shape index (κ2) is 8.49. The highest BCUT2D eigenvalue weighted by Gasteiger charge is 2.47. The second-order valence-electron chi connectivity index (χ2n) is 7.44. The van der Waals surface area contributed by atoms with Crippen molar-refractivity contribution in [2.24, 2.45) is 0 Å². The minimum atomic E-state index is -0.888. The molecule has 31 heavy (non-hydrogen) atoms. The largest absolute Gasteiger partial charge is 0.507 e. The standard InChI is InChI=1S/C22H19ClN2O6/c23-15-7-3-14(4-8-15)20(26)18-19(13-5-9-16(10-6-13)25(29)30)24(22(28)21(18)27)12-17-2-1-11-31-17/h3-10,17,19,26H,1-2,11-12H2/b20-18+/t17-,19-/m1/s1. The van der Waals surface area contributed by atoms with E-state index in [0.717, 1.165) is 12.8 Å². The zero-order valence-corrected chi connectivity index (χ0v) is 17.1. The van der Waals surface area contributed by atoms with Crippen LogP contribution in [0.15, 0.2) is 54.1 Å². The molecule has 0 saturated carbocycles. The van der Waals surface area contributed by atoms with Crippen LogP contribution in [0.1, 0.15) is 30.0 Å². The molecule has 2 aliphatic heterocycles. The maximum atomic E-state index is 12.9. The molecule has 0 aromatic heterocycles. The molecule has 2 saturated heterocycles. The monoisotopic (exact) mass is 442 g/mol. The predicted octanol–water partition coefficient (Wildman–Crippen LogP) is 3.85. The number of aliphatic hydroxyl groups is 1. The highest BCUT2D eigenvalue weighted by molar-refractivity contribution is 6.46. The molecular formula is C22H19ClN2O6. The number of aliphatic hydroxyl groups excluding tert-OH is 1. The van der Waals surface area contributed by atoms with E-state index in [-0.39, 0.29) is 29.7 Å². The number of amides is 1. The van der Waals surface area contributed by atoms with Crippen LogP contribution in [0.2, 0.25) is 5.02 Å². The summed E-state index contributed by atoms with van der Waals surface area (Å²) < 4.78 is 5.64. The van der Waals surface area contributed by atoms with Crippen molar-refractivity contribution < 1.29 is 24.4 Å². The first-order valence-electron chi connectivity index (χ1n) is 9.77. The molecule has 160 valence electrons. The maximum absolute atomic E-state index is 12.9. The van der Waals surface area contributed by atoms with E-state index in [4.69, 9.17) is 16.3 Å². The van der Waals surface area contributed by atoms with Crippen LogP contribution in [0, 0.1) is 10.1 Å². The highest BCUT2D eigenvalue weighted by Crippen LogP contribution is 2.40. The molecule has 2 fully saturated rings. The van der Waals surface area contributed by atoms with Gasteiger partial charge in [0.15, 0.2) is 0 Å². The summed E-state index contributed by atoms with van der Waals surface area (Å²) in [5.74, 6) is -1.88. The molecule has 2 aliphatic rings. The molecular weight excluding hydrogens is 424 g/mol. The molecule has 4 rings (SSSR count). The van der Waals surface area contributed by atoms with Crippen molar-refractivity contribution in [1.82, 2.24) is 4.90 Å². The van der Waals surface area contributed by atoms with Crippen LogP contribution in [-0.2, 0) is 14.3 Å². The van der Waals surface area contributed by atoms with E-state index < -0.39 is 22.7 Å².